The van der Waals surface area contributed by atoms with Crippen molar-refractivity contribution in [2.24, 2.45) is 0 Å². The van der Waals surface area contributed by atoms with Gasteiger partial charge in [-0.05, 0) is 37.6 Å². The first-order valence-electron chi connectivity index (χ1n) is 6.83. The van der Waals surface area contributed by atoms with Gasteiger partial charge in [0, 0.05) is 23.1 Å². The number of ketones is 1. The van der Waals surface area contributed by atoms with E-state index in [0.29, 0.717) is 0 Å². The molecule has 0 saturated carbocycles. The fraction of sp³-hybridized carbons (Fsp3) is 0.167. The van der Waals surface area contributed by atoms with E-state index in [-0.39, 0.29) is 5.78 Å². The molecule has 0 radical (unpaired) electrons. The number of rotatable bonds is 5. The van der Waals surface area contributed by atoms with Gasteiger partial charge in [0.1, 0.15) is 0 Å². The third-order valence-corrected chi connectivity index (χ3v) is 3.19. The first-order chi connectivity index (χ1) is 9.72. The molecule has 20 heavy (non-hydrogen) atoms. The lowest BCUT2D eigenvalue weighted by Crippen LogP contribution is -2.11. The molecule has 0 aliphatic rings. The Balaban J connectivity index is 2.48. The van der Waals surface area contributed by atoms with Gasteiger partial charge in [-0.1, -0.05) is 43.3 Å². The van der Waals surface area contributed by atoms with Gasteiger partial charge in [0.15, 0.2) is 5.78 Å². The van der Waals surface area contributed by atoms with Gasteiger partial charge in [0.25, 0.3) is 0 Å². The lowest BCUT2D eigenvalue weighted by Gasteiger charge is -2.22. The van der Waals surface area contributed by atoms with Crippen molar-refractivity contribution in [2.45, 2.75) is 20.3 Å². The zero-order chi connectivity index (χ0) is 14.4. The lowest BCUT2D eigenvalue weighted by molar-refractivity contribution is -0.113. The summed E-state index contributed by atoms with van der Waals surface area (Å²) in [6.45, 7) is 3.62. The van der Waals surface area contributed by atoms with Crippen molar-refractivity contribution in [3.63, 3.8) is 0 Å². The quantitative estimate of drug-likeness (QED) is 0.730. The number of carbonyl (C=O) groups excluding carboxylic acids is 1. The summed E-state index contributed by atoms with van der Waals surface area (Å²) in [6.07, 6.45) is 2.67. The van der Waals surface area contributed by atoms with E-state index in [1.54, 1.807) is 6.92 Å². The third-order valence-electron chi connectivity index (χ3n) is 3.19. The molecule has 2 heteroatoms. The predicted molar refractivity (Wildman–Crippen MR) is 84.1 cm³/mol. The van der Waals surface area contributed by atoms with Gasteiger partial charge in [-0.15, -0.1) is 0 Å². The Morgan fingerprint density at radius 3 is 1.75 bits per heavy atom. The van der Waals surface area contributed by atoms with Crippen LogP contribution in [0.5, 0.6) is 0 Å². The molecule has 0 aromatic heterocycles. The summed E-state index contributed by atoms with van der Waals surface area (Å²) in [4.78, 5) is 13.7. The number of Topliss-reactive ketones (excluding diaryl/α,β-unsaturated/α-hetero) is 1. The van der Waals surface area contributed by atoms with Gasteiger partial charge in [-0.2, -0.15) is 0 Å². The van der Waals surface area contributed by atoms with Crippen LogP contribution in [-0.4, -0.2) is 5.78 Å². The van der Waals surface area contributed by atoms with Crippen LogP contribution >= 0.6 is 0 Å². The normalized spacial score (nSPS) is 11.2. The van der Waals surface area contributed by atoms with Crippen LogP contribution in [0.2, 0.25) is 0 Å². The van der Waals surface area contributed by atoms with E-state index >= 15 is 0 Å². The number of hydrogen-bond donors (Lipinski definition) is 0. The lowest BCUT2D eigenvalue weighted by atomic mass is 10.1. The molecule has 0 fully saturated rings. The van der Waals surface area contributed by atoms with Crippen molar-refractivity contribution in [3.8, 4) is 0 Å². The fourth-order valence-electron chi connectivity index (χ4n) is 2.06. The average Bonchev–Trinajstić information content (AvgIpc) is 2.50. The topological polar surface area (TPSA) is 20.3 Å². The smallest absolute Gasteiger partial charge is 0.157 e. The summed E-state index contributed by atoms with van der Waals surface area (Å²) in [6, 6.07) is 20.1. The summed E-state index contributed by atoms with van der Waals surface area (Å²) in [5.41, 5.74) is 2.91. The van der Waals surface area contributed by atoms with E-state index in [1.165, 1.54) is 0 Å². The van der Waals surface area contributed by atoms with E-state index in [4.69, 9.17) is 0 Å². The molecule has 0 aliphatic carbocycles. The second kappa shape index (κ2) is 6.71. The van der Waals surface area contributed by atoms with Gasteiger partial charge >= 0.3 is 0 Å². The molecule has 102 valence electrons. The van der Waals surface area contributed by atoms with Crippen molar-refractivity contribution >= 4 is 17.2 Å². The average molecular weight is 265 g/mol. The number of nitrogens with zero attached hydrogens (tertiary/aromatic N) is 1. The van der Waals surface area contributed by atoms with Crippen LogP contribution in [0, 0.1) is 0 Å². The number of benzene rings is 2. The molecule has 2 aromatic carbocycles. The first kappa shape index (κ1) is 14.1. The number of hydrogen-bond acceptors (Lipinski definition) is 2. The van der Waals surface area contributed by atoms with Crippen LogP contribution in [0.25, 0.3) is 0 Å². The summed E-state index contributed by atoms with van der Waals surface area (Å²) in [5.74, 6) is 0.115. The van der Waals surface area contributed by atoms with E-state index in [1.807, 2.05) is 73.8 Å². The molecular weight excluding hydrogens is 246 g/mol. The zero-order valence-corrected chi connectivity index (χ0v) is 11.9. The van der Waals surface area contributed by atoms with Gasteiger partial charge in [0.2, 0.25) is 0 Å². The molecule has 2 aromatic rings. The van der Waals surface area contributed by atoms with Gasteiger partial charge in [-0.25, -0.2) is 0 Å². The predicted octanol–water partition coefficient (Wildman–Crippen LogP) is 4.71. The molecule has 0 aliphatic heterocycles. The highest BCUT2D eigenvalue weighted by molar-refractivity contribution is 5.94. The highest BCUT2D eigenvalue weighted by Crippen LogP contribution is 2.26. The van der Waals surface area contributed by atoms with Gasteiger partial charge < -0.3 is 4.90 Å². The molecule has 0 heterocycles. The Kier molecular flexibility index (Phi) is 4.72. The van der Waals surface area contributed by atoms with Crippen molar-refractivity contribution in [1.82, 2.24) is 0 Å². The first-order valence-corrected chi connectivity index (χ1v) is 6.83. The largest absolute Gasteiger partial charge is 0.317 e. The number of carbonyl (C=O) groups is 1. The number of allylic oxidation sites excluding steroid dienone is 1. The van der Waals surface area contributed by atoms with Crippen LogP contribution in [0.3, 0.4) is 0 Å². The highest BCUT2D eigenvalue weighted by atomic mass is 16.1. The molecule has 2 nitrogen and oxygen atoms in total. The van der Waals surface area contributed by atoms with Crippen molar-refractivity contribution in [1.29, 1.82) is 0 Å². The summed E-state index contributed by atoms with van der Waals surface area (Å²) in [7, 11) is 0. The summed E-state index contributed by atoms with van der Waals surface area (Å²) >= 11 is 0. The molecule has 0 bridgehead atoms. The summed E-state index contributed by atoms with van der Waals surface area (Å²) in [5, 5.41) is 0. The monoisotopic (exact) mass is 265 g/mol. The standard InChI is InChI=1S/C18H19NO/c1-3-16(15(2)20)14-19(17-10-6-4-7-11-17)18-12-8-5-9-13-18/h4-14H,3H2,1-2H3/b16-14-. The van der Waals surface area contributed by atoms with Crippen molar-refractivity contribution in [2.75, 3.05) is 4.90 Å². The van der Waals surface area contributed by atoms with Crippen LogP contribution < -0.4 is 4.90 Å². The van der Waals surface area contributed by atoms with E-state index in [9.17, 15) is 4.79 Å². The molecule has 0 spiro atoms. The molecular formula is C18H19NO. The second-order valence-corrected chi connectivity index (χ2v) is 4.61. The number of anilines is 2. The Labute approximate surface area is 120 Å². The fourth-order valence-corrected chi connectivity index (χ4v) is 2.06. The zero-order valence-electron chi connectivity index (χ0n) is 11.9. The Morgan fingerprint density at radius 1 is 0.950 bits per heavy atom. The maximum Gasteiger partial charge on any atom is 0.157 e. The Hall–Kier alpha value is -2.35. The Bertz CT molecular complexity index is 548. The highest BCUT2D eigenvalue weighted by Gasteiger charge is 2.09. The maximum atomic E-state index is 11.7. The van der Waals surface area contributed by atoms with Crippen molar-refractivity contribution in [3.05, 3.63) is 72.4 Å². The SMILES string of the molecule is CC/C(=C/N(c1ccccc1)c1ccccc1)C(C)=O. The van der Waals surface area contributed by atoms with Crippen LogP contribution in [-0.2, 0) is 4.79 Å². The molecule has 0 amide bonds. The maximum absolute atomic E-state index is 11.7. The van der Waals surface area contributed by atoms with E-state index in [2.05, 4.69) is 4.90 Å². The third kappa shape index (κ3) is 3.35. The number of para-hydroxylation sites is 2. The molecule has 2 rings (SSSR count). The van der Waals surface area contributed by atoms with Crippen LogP contribution in [0.4, 0.5) is 11.4 Å². The molecule has 0 N–H and O–H groups in total. The van der Waals surface area contributed by atoms with E-state index < -0.39 is 0 Å². The van der Waals surface area contributed by atoms with Gasteiger partial charge in [-0.3, -0.25) is 4.79 Å². The van der Waals surface area contributed by atoms with Crippen molar-refractivity contribution < 1.29 is 4.79 Å². The molecule has 0 atom stereocenters. The minimum atomic E-state index is 0.115. The molecule has 0 saturated heterocycles. The van der Waals surface area contributed by atoms with Crippen LogP contribution in [0.1, 0.15) is 20.3 Å². The van der Waals surface area contributed by atoms with Gasteiger partial charge in [0.05, 0.1) is 0 Å². The Morgan fingerprint density at radius 2 is 1.40 bits per heavy atom. The summed E-state index contributed by atoms with van der Waals surface area (Å²) < 4.78 is 0. The van der Waals surface area contributed by atoms with E-state index in [0.717, 1.165) is 23.4 Å². The van der Waals surface area contributed by atoms with Crippen LogP contribution in [0.15, 0.2) is 72.4 Å². The minimum Gasteiger partial charge on any atom is -0.317 e. The minimum absolute atomic E-state index is 0.115. The molecule has 0 unspecified atom stereocenters. The second-order valence-electron chi connectivity index (χ2n) is 4.61.